The maximum atomic E-state index is 11.0. The van der Waals surface area contributed by atoms with Crippen LogP contribution < -0.4 is 5.32 Å². The van der Waals surface area contributed by atoms with Gasteiger partial charge in [0.15, 0.2) is 0 Å². The summed E-state index contributed by atoms with van der Waals surface area (Å²) in [6, 6.07) is 0. The Morgan fingerprint density at radius 2 is 2.50 bits per heavy atom. The van der Waals surface area contributed by atoms with Gasteiger partial charge in [-0.2, -0.15) is 5.10 Å². The van der Waals surface area contributed by atoms with Gasteiger partial charge in [0.25, 0.3) is 0 Å². The predicted octanol–water partition coefficient (Wildman–Crippen LogP) is 0.247. The van der Waals surface area contributed by atoms with Gasteiger partial charge in [0.1, 0.15) is 5.56 Å². The highest BCUT2D eigenvalue weighted by atomic mass is 16.4. The van der Waals surface area contributed by atoms with Gasteiger partial charge in [-0.05, 0) is 6.42 Å². The van der Waals surface area contributed by atoms with Gasteiger partial charge in [0.05, 0.1) is 17.9 Å². The van der Waals surface area contributed by atoms with E-state index in [0.717, 1.165) is 18.8 Å². The minimum Gasteiger partial charge on any atom is -0.478 e. The van der Waals surface area contributed by atoms with Gasteiger partial charge in [0.2, 0.25) is 0 Å². The van der Waals surface area contributed by atoms with E-state index in [2.05, 4.69) is 10.4 Å². The standard InChI is InChI=1S/C9H13N3O2/c1-2-6-8(9(13)14)7-5-10-3-4-12(7)11-6/h10H,2-5H2,1H3,(H,13,14). The van der Waals surface area contributed by atoms with Crippen molar-refractivity contribution in [3.63, 3.8) is 0 Å². The molecular weight excluding hydrogens is 182 g/mol. The zero-order valence-electron chi connectivity index (χ0n) is 8.08. The fourth-order valence-corrected chi connectivity index (χ4v) is 1.80. The van der Waals surface area contributed by atoms with Crippen LogP contribution in [0.25, 0.3) is 0 Å². The van der Waals surface area contributed by atoms with Crippen molar-refractivity contribution in [1.82, 2.24) is 15.1 Å². The molecule has 2 rings (SSSR count). The van der Waals surface area contributed by atoms with Gasteiger partial charge in [0, 0.05) is 13.1 Å². The van der Waals surface area contributed by atoms with E-state index in [1.807, 2.05) is 6.92 Å². The van der Waals surface area contributed by atoms with Gasteiger partial charge in [-0.3, -0.25) is 4.68 Å². The molecule has 5 heteroatoms. The van der Waals surface area contributed by atoms with Gasteiger partial charge in [-0.25, -0.2) is 4.79 Å². The van der Waals surface area contributed by atoms with Crippen LogP contribution in [0.2, 0.25) is 0 Å². The maximum absolute atomic E-state index is 11.0. The van der Waals surface area contributed by atoms with Crippen molar-refractivity contribution in [2.24, 2.45) is 0 Å². The van der Waals surface area contributed by atoms with E-state index < -0.39 is 5.97 Å². The van der Waals surface area contributed by atoms with Crippen LogP contribution in [0, 0.1) is 0 Å². The van der Waals surface area contributed by atoms with Crippen molar-refractivity contribution in [3.8, 4) is 0 Å². The van der Waals surface area contributed by atoms with Crippen molar-refractivity contribution in [1.29, 1.82) is 0 Å². The first kappa shape index (κ1) is 9.21. The summed E-state index contributed by atoms with van der Waals surface area (Å²) in [5, 5.41) is 16.5. The van der Waals surface area contributed by atoms with Crippen LogP contribution in [0.4, 0.5) is 0 Å². The van der Waals surface area contributed by atoms with Crippen molar-refractivity contribution >= 4 is 5.97 Å². The number of carbonyl (C=O) groups is 1. The summed E-state index contributed by atoms with van der Waals surface area (Å²) in [4.78, 5) is 11.0. The number of aromatic nitrogens is 2. The third-order valence-electron chi connectivity index (χ3n) is 2.47. The van der Waals surface area contributed by atoms with E-state index in [9.17, 15) is 4.79 Å². The largest absolute Gasteiger partial charge is 0.478 e. The average Bonchev–Trinajstić information content (AvgIpc) is 2.55. The van der Waals surface area contributed by atoms with Crippen LogP contribution in [0.1, 0.15) is 28.7 Å². The van der Waals surface area contributed by atoms with E-state index in [4.69, 9.17) is 5.11 Å². The Morgan fingerprint density at radius 1 is 1.71 bits per heavy atom. The Labute approximate surface area is 81.7 Å². The SMILES string of the molecule is CCc1nn2c(c1C(=O)O)CNCC2. The van der Waals surface area contributed by atoms with Gasteiger partial charge < -0.3 is 10.4 Å². The van der Waals surface area contributed by atoms with E-state index in [-0.39, 0.29) is 0 Å². The monoisotopic (exact) mass is 195 g/mol. The molecule has 0 radical (unpaired) electrons. The fourth-order valence-electron chi connectivity index (χ4n) is 1.80. The molecular formula is C9H13N3O2. The Balaban J connectivity index is 2.53. The molecule has 0 aliphatic carbocycles. The molecule has 0 fully saturated rings. The maximum Gasteiger partial charge on any atom is 0.339 e. The highest BCUT2D eigenvalue weighted by molar-refractivity contribution is 5.90. The summed E-state index contributed by atoms with van der Waals surface area (Å²) < 4.78 is 1.80. The molecule has 0 amide bonds. The van der Waals surface area contributed by atoms with Crippen molar-refractivity contribution < 1.29 is 9.90 Å². The molecule has 2 heterocycles. The van der Waals surface area contributed by atoms with Crippen LogP contribution in [-0.4, -0.2) is 27.4 Å². The lowest BCUT2D eigenvalue weighted by atomic mass is 10.1. The minimum atomic E-state index is -0.869. The topological polar surface area (TPSA) is 67.2 Å². The molecule has 76 valence electrons. The molecule has 0 saturated carbocycles. The summed E-state index contributed by atoms with van der Waals surface area (Å²) in [6.45, 7) is 4.15. The Hall–Kier alpha value is -1.36. The lowest BCUT2D eigenvalue weighted by Crippen LogP contribution is -2.29. The number of hydrogen-bond donors (Lipinski definition) is 2. The number of fused-ring (bicyclic) bond motifs is 1. The van der Waals surface area contributed by atoms with E-state index in [0.29, 0.717) is 24.2 Å². The van der Waals surface area contributed by atoms with Crippen LogP contribution in [0.3, 0.4) is 0 Å². The Kier molecular flexibility index (Phi) is 2.25. The number of nitrogens with zero attached hydrogens (tertiary/aromatic N) is 2. The number of nitrogens with one attached hydrogen (secondary N) is 1. The second-order valence-electron chi connectivity index (χ2n) is 3.33. The lowest BCUT2D eigenvalue weighted by Gasteiger charge is -2.14. The van der Waals surface area contributed by atoms with E-state index in [1.165, 1.54) is 0 Å². The number of carboxylic acid groups (broad SMARTS) is 1. The third-order valence-corrected chi connectivity index (χ3v) is 2.47. The summed E-state index contributed by atoms with van der Waals surface area (Å²) in [7, 11) is 0. The number of hydrogen-bond acceptors (Lipinski definition) is 3. The first-order valence-corrected chi connectivity index (χ1v) is 4.76. The van der Waals surface area contributed by atoms with Gasteiger partial charge in [-0.1, -0.05) is 6.92 Å². The summed E-state index contributed by atoms with van der Waals surface area (Å²) in [5.41, 5.74) is 1.89. The number of carboxylic acids is 1. The molecule has 0 unspecified atom stereocenters. The molecule has 1 aromatic rings. The fraction of sp³-hybridized carbons (Fsp3) is 0.556. The first-order chi connectivity index (χ1) is 6.74. The summed E-state index contributed by atoms with van der Waals surface area (Å²) in [6.07, 6.45) is 0.668. The Morgan fingerprint density at radius 3 is 3.14 bits per heavy atom. The molecule has 1 aliphatic heterocycles. The third kappa shape index (κ3) is 1.29. The smallest absolute Gasteiger partial charge is 0.339 e. The van der Waals surface area contributed by atoms with Crippen molar-refractivity contribution in [2.45, 2.75) is 26.4 Å². The number of aryl methyl sites for hydroxylation is 1. The molecule has 0 aromatic carbocycles. The van der Waals surface area contributed by atoms with Crippen molar-refractivity contribution in [3.05, 3.63) is 17.0 Å². The summed E-state index contributed by atoms with van der Waals surface area (Å²) >= 11 is 0. The number of rotatable bonds is 2. The second kappa shape index (κ2) is 3.42. The zero-order chi connectivity index (χ0) is 10.1. The number of aromatic carboxylic acids is 1. The summed E-state index contributed by atoms with van der Waals surface area (Å²) in [5.74, 6) is -0.869. The molecule has 0 atom stereocenters. The van der Waals surface area contributed by atoms with E-state index in [1.54, 1.807) is 4.68 Å². The predicted molar refractivity (Wildman–Crippen MR) is 50.3 cm³/mol. The lowest BCUT2D eigenvalue weighted by molar-refractivity contribution is 0.0694. The quantitative estimate of drug-likeness (QED) is 0.709. The normalized spacial score (nSPS) is 15.2. The molecule has 2 N–H and O–H groups in total. The molecule has 14 heavy (non-hydrogen) atoms. The van der Waals surface area contributed by atoms with Crippen LogP contribution in [-0.2, 0) is 19.5 Å². The van der Waals surface area contributed by atoms with Crippen LogP contribution in [0.5, 0.6) is 0 Å². The zero-order valence-corrected chi connectivity index (χ0v) is 8.08. The van der Waals surface area contributed by atoms with E-state index >= 15 is 0 Å². The van der Waals surface area contributed by atoms with Gasteiger partial charge >= 0.3 is 5.97 Å². The average molecular weight is 195 g/mol. The second-order valence-corrected chi connectivity index (χ2v) is 3.33. The molecule has 0 spiro atoms. The van der Waals surface area contributed by atoms with Gasteiger partial charge in [-0.15, -0.1) is 0 Å². The molecule has 0 saturated heterocycles. The minimum absolute atomic E-state index is 0.389. The van der Waals surface area contributed by atoms with Crippen molar-refractivity contribution in [2.75, 3.05) is 6.54 Å². The highest BCUT2D eigenvalue weighted by Crippen LogP contribution is 2.17. The van der Waals surface area contributed by atoms with Crippen LogP contribution in [0.15, 0.2) is 0 Å². The molecule has 1 aliphatic rings. The first-order valence-electron chi connectivity index (χ1n) is 4.76. The highest BCUT2D eigenvalue weighted by Gasteiger charge is 2.23. The van der Waals surface area contributed by atoms with Crippen LogP contribution >= 0.6 is 0 Å². The molecule has 0 bridgehead atoms. The Bertz CT molecular complexity index is 370. The molecule has 1 aromatic heterocycles. The molecule has 5 nitrogen and oxygen atoms in total.